The number of para-hydroxylation sites is 2. The summed E-state index contributed by atoms with van der Waals surface area (Å²) in [6.45, 7) is 2.14. The summed E-state index contributed by atoms with van der Waals surface area (Å²) in [5.41, 5.74) is 1.27. The van der Waals surface area contributed by atoms with Crippen LogP contribution in [0.4, 0.5) is 5.13 Å². The van der Waals surface area contributed by atoms with Crippen LogP contribution >= 0.6 is 34.9 Å². The van der Waals surface area contributed by atoms with Crippen LogP contribution in [-0.2, 0) is 11.3 Å². The van der Waals surface area contributed by atoms with E-state index >= 15 is 0 Å². The number of anilines is 1. The Bertz CT molecular complexity index is 1650. The minimum atomic E-state index is -0.241. The summed E-state index contributed by atoms with van der Waals surface area (Å²) in [5.74, 6) is 1.58. The number of thioether (sulfide) groups is 2. The fourth-order valence-electron chi connectivity index (χ4n) is 3.97. The van der Waals surface area contributed by atoms with Crippen molar-refractivity contribution in [3.63, 3.8) is 0 Å². The molecule has 2 N–H and O–H groups in total. The molecule has 10 nitrogen and oxygen atoms in total. The Labute approximate surface area is 242 Å². The number of hydrogen-bond donors (Lipinski definition) is 2. The molecule has 0 aliphatic heterocycles. The van der Waals surface area contributed by atoms with E-state index in [1.54, 1.807) is 29.5 Å². The summed E-state index contributed by atoms with van der Waals surface area (Å²) in [6.07, 6.45) is 0. The maximum Gasteiger partial charge on any atom is 0.252 e. The first-order chi connectivity index (χ1) is 19.6. The number of ether oxygens (including phenoxy) is 1. The summed E-state index contributed by atoms with van der Waals surface area (Å²) < 4.78 is 8.18. The van der Waals surface area contributed by atoms with Crippen LogP contribution in [0.15, 0.2) is 76.2 Å². The van der Waals surface area contributed by atoms with Gasteiger partial charge in [0.1, 0.15) is 5.75 Å². The topological polar surface area (TPSA) is 124 Å². The van der Waals surface area contributed by atoms with Crippen molar-refractivity contribution in [2.24, 2.45) is 0 Å². The molecule has 0 aliphatic carbocycles. The molecular weight excluding hydrogens is 567 g/mol. The number of benzene rings is 3. The quantitative estimate of drug-likeness (QED) is 0.160. The van der Waals surface area contributed by atoms with Crippen molar-refractivity contribution in [2.45, 2.75) is 23.0 Å². The number of carbonyl (C=O) groups excluding carboxylic acids is 2. The second-order valence-corrected chi connectivity index (χ2v) is 11.7. The van der Waals surface area contributed by atoms with Crippen LogP contribution in [0.5, 0.6) is 5.75 Å². The van der Waals surface area contributed by atoms with E-state index in [2.05, 4.69) is 31.0 Å². The van der Waals surface area contributed by atoms with Crippen molar-refractivity contribution in [1.29, 1.82) is 0 Å². The molecule has 0 saturated heterocycles. The van der Waals surface area contributed by atoms with Crippen LogP contribution in [0.3, 0.4) is 0 Å². The van der Waals surface area contributed by atoms with Crippen molar-refractivity contribution in [3.8, 4) is 11.4 Å². The van der Waals surface area contributed by atoms with Crippen LogP contribution in [0.2, 0.25) is 0 Å². The summed E-state index contributed by atoms with van der Waals surface area (Å²) in [6, 6.07) is 20.8. The summed E-state index contributed by atoms with van der Waals surface area (Å²) in [7, 11) is 1.58. The predicted molar refractivity (Wildman–Crippen MR) is 159 cm³/mol. The molecule has 0 unspecified atom stereocenters. The molecular formula is C27H25N7O3S3. The van der Waals surface area contributed by atoms with E-state index in [1.165, 1.54) is 23.1 Å². The Balaban J connectivity index is 1.35. The molecule has 40 heavy (non-hydrogen) atoms. The minimum Gasteiger partial charge on any atom is -0.495 e. The fourth-order valence-corrected chi connectivity index (χ4v) is 6.40. The Morgan fingerprint density at radius 3 is 2.60 bits per heavy atom. The Morgan fingerprint density at radius 2 is 1.75 bits per heavy atom. The molecule has 0 radical (unpaired) electrons. The third-order valence-electron chi connectivity index (χ3n) is 5.72. The fraction of sp³-hybridized carbons (Fsp3) is 0.185. The van der Waals surface area contributed by atoms with E-state index in [0.717, 1.165) is 20.9 Å². The largest absolute Gasteiger partial charge is 0.495 e. The number of nitrogens with one attached hydrogen (secondary N) is 2. The molecule has 2 aromatic heterocycles. The molecule has 5 rings (SSSR count). The molecule has 0 saturated carbocycles. The van der Waals surface area contributed by atoms with Gasteiger partial charge < -0.3 is 10.1 Å². The van der Waals surface area contributed by atoms with Gasteiger partial charge in [-0.2, -0.15) is 0 Å². The van der Waals surface area contributed by atoms with E-state index in [1.807, 2.05) is 67.6 Å². The van der Waals surface area contributed by atoms with Gasteiger partial charge in [-0.1, -0.05) is 90.3 Å². The molecule has 0 aliphatic rings. The van der Waals surface area contributed by atoms with Crippen LogP contribution in [-0.4, -0.2) is 55.4 Å². The summed E-state index contributed by atoms with van der Waals surface area (Å²) in [5, 5.41) is 25.3. The second-order valence-electron chi connectivity index (χ2n) is 8.26. The smallest absolute Gasteiger partial charge is 0.252 e. The summed E-state index contributed by atoms with van der Waals surface area (Å²) >= 11 is 4.12. The van der Waals surface area contributed by atoms with Crippen molar-refractivity contribution in [2.75, 3.05) is 23.9 Å². The molecule has 2 heterocycles. The van der Waals surface area contributed by atoms with Crippen molar-refractivity contribution < 1.29 is 14.3 Å². The van der Waals surface area contributed by atoms with Gasteiger partial charge in [0, 0.05) is 5.56 Å². The number of rotatable bonds is 11. The summed E-state index contributed by atoms with van der Waals surface area (Å²) in [4.78, 5) is 25.8. The first-order valence-corrected chi connectivity index (χ1v) is 15.1. The minimum absolute atomic E-state index is 0.0749. The highest BCUT2D eigenvalue weighted by Gasteiger charge is 2.20. The number of amides is 2. The zero-order valence-electron chi connectivity index (χ0n) is 21.7. The molecule has 0 atom stereocenters. The number of carbonyl (C=O) groups is 2. The van der Waals surface area contributed by atoms with Crippen molar-refractivity contribution in [1.82, 2.24) is 30.3 Å². The van der Waals surface area contributed by atoms with Gasteiger partial charge in [-0.15, -0.1) is 20.4 Å². The first kappa shape index (κ1) is 27.6. The molecule has 0 spiro atoms. The molecule has 5 aromatic rings. The van der Waals surface area contributed by atoms with Gasteiger partial charge in [0.25, 0.3) is 5.91 Å². The average molecular weight is 592 g/mol. The average Bonchev–Trinajstić information content (AvgIpc) is 3.60. The lowest BCUT2D eigenvalue weighted by molar-refractivity contribution is -0.113. The van der Waals surface area contributed by atoms with Gasteiger partial charge in [-0.25, -0.2) is 0 Å². The zero-order chi connectivity index (χ0) is 27.9. The second kappa shape index (κ2) is 12.9. The third kappa shape index (κ3) is 6.27. The Morgan fingerprint density at radius 1 is 0.950 bits per heavy atom. The van der Waals surface area contributed by atoms with Crippen molar-refractivity contribution >= 4 is 62.6 Å². The van der Waals surface area contributed by atoms with Gasteiger partial charge in [-0.05, 0) is 34.7 Å². The monoisotopic (exact) mass is 591 g/mol. The normalized spacial score (nSPS) is 10.9. The van der Waals surface area contributed by atoms with Crippen molar-refractivity contribution in [3.05, 3.63) is 78.1 Å². The van der Waals surface area contributed by atoms with Crippen LogP contribution in [0, 0.1) is 0 Å². The van der Waals surface area contributed by atoms with E-state index in [4.69, 9.17) is 4.74 Å². The zero-order valence-corrected chi connectivity index (χ0v) is 24.1. The van der Waals surface area contributed by atoms with E-state index in [9.17, 15) is 9.59 Å². The van der Waals surface area contributed by atoms with Gasteiger partial charge in [0.05, 0.1) is 25.1 Å². The van der Waals surface area contributed by atoms with Gasteiger partial charge in [0.15, 0.2) is 15.3 Å². The van der Waals surface area contributed by atoms with E-state index in [0.29, 0.717) is 33.1 Å². The number of aromatic nitrogens is 5. The molecule has 204 valence electrons. The molecule has 0 bridgehead atoms. The highest BCUT2D eigenvalue weighted by atomic mass is 32.2. The van der Waals surface area contributed by atoms with Crippen LogP contribution in [0.25, 0.3) is 16.5 Å². The lowest BCUT2D eigenvalue weighted by atomic mass is 10.0. The number of hydrogen-bond acceptors (Lipinski definition) is 10. The van der Waals surface area contributed by atoms with E-state index in [-0.39, 0.29) is 24.1 Å². The number of fused-ring (bicyclic) bond motifs is 1. The number of nitrogens with zero attached hydrogens (tertiary/aromatic N) is 5. The SMILES string of the molecule is CCSc1nnc(NC(=O)CSc2nnc(CNC(=O)c3cccc4ccccc34)n2-c2ccccc2OC)s1. The number of methoxy groups -OCH3 is 1. The molecule has 13 heteroatoms. The Kier molecular flexibility index (Phi) is 8.94. The van der Waals surface area contributed by atoms with Gasteiger partial charge in [-0.3, -0.25) is 19.5 Å². The van der Waals surface area contributed by atoms with Gasteiger partial charge in [0.2, 0.25) is 11.0 Å². The highest BCUT2D eigenvalue weighted by molar-refractivity contribution is 8.01. The van der Waals surface area contributed by atoms with Crippen LogP contribution in [0.1, 0.15) is 23.1 Å². The molecule has 2 amide bonds. The molecule has 0 fully saturated rings. The third-order valence-corrected chi connectivity index (χ3v) is 8.50. The lowest BCUT2D eigenvalue weighted by Gasteiger charge is -2.14. The lowest BCUT2D eigenvalue weighted by Crippen LogP contribution is -2.25. The predicted octanol–water partition coefficient (Wildman–Crippen LogP) is 5.05. The van der Waals surface area contributed by atoms with Crippen LogP contribution < -0.4 is 15.4 Å². The maximum absolute atomic E-state index is 13.2. The Hall–Kier alpha value is -3.94. The maximum atomic E-state index is 13.2. The highest BCUT2D eigenvalue weighted by Crippen LogP contribution is 2.29. The molecule has 3 aromatic carbocycles. The van der Waals surface area contributed by atoms with Gasteiger partial charge >= 0.3 is 0 Å². The standard InChI is InChI=1S/C27H25N7O3S3/c1-3-38-27-33-31-25(40-27)29-23(35)16-39-26-32-30-22(34(26)20-13-6-7-14-21(20)37-2)15-28-24(36)19-12-8-10-17-9-4-5-11-18(17)19/h4-14H,3,15-16H2,1-2H3,(H,28,36)(H,29,31,35). The van der Waals surface area contributed by atoms with E-state index < -0.39 is 0 Å². The first-order valence-electron chi connectivity index (χ1n) is 12.3.